The number of aromatic nitrogens is 1. The van der Waals surface area contributed by atoms with Crippen LogP contribution >= 0.6 is 15.9 Å². The van der Waals surface area contributed by atoms with Crippen molar-refractivity contribution in [1.82, 2.24) is 4.57 Å². The molecule has 0 unspecified atom stereocenters. The van der Waals surface area contributed by atoms with E-state index in [0.717, 1.165) is 10.2 Å². The van der Waals surface area contributed by atoms with E-state index in [1.54, 1.807) is 10.6 Å². The zero-order valence-electron chi connectivity index (χ0n) is 11.3. The quantitative estimate of drug-likeness (QED) is 0.905. The second-order valence-electron chi connectivity index (χ2n) is 4.89. The molecule has 0 bridgehead atoms. The molecule has 4 heteroatoms. The summed E-state index contributed by atoms with van der Waals surface area (Å²) >= 11 is 3.36. The lowest BCUT2D eigenvalue weighted by atomic mass is 10.0. The molecule has 0 spiro atoms. The standard InChI is InChI=1S/C15H17BrN2O/c1-10(2)11-4-6-13(7-5-11)17-15(19)14-8-12(16)9-18(14)3/h4-10H,1-3H3,(H,17,19). The molecule has 1 amide bonds. The molecule has 1 aromatic carbocycles. The minimum Gasteiger partial charge on any atom is -0.345 e. The van der Waals surface area contributed by atoms with Gasteiger partial charge in [-0.05, 0) is 45.6 Å². The van der Waals surface area contributed by atoms with Gasteiger partial charge in [0, 0.05) is 23.4 Å². The van der Waals surface area contributed by atoms with Crippen LogP contribution in [0.25, 0.3) is 0 Å². The monoisotopic (exact) mass is 320 g/mol. The van der Waals surface area contributed by atoms with Gasteiger partial charge in [0.1, 0.15) is 5.69 Å². The molecule has 3 nitrogen and oxygen atoms in total. The zero-order chi connectivity index (χ0) is 14.0. The van der Waals surface area contributed by atoms with Crippen molar-refractivity contribution >= 4 is 27.5 Å². The van der Waals surface area contributed by atoms with Crippen LogP contribution in [0.3, 0.4) is 0 Å². The Balaban J connectivity index is 2.13. The lowest BCUT2D eigenvalue weighted by Gasteiger charge is -2.08. The number of nitrogens with one attached hydrogen (secondary N) is 1. The Morgan fingerprint density at radius 1 is 1.26 bits per heavy atom. The van der Waals surface area contributed by atoms with Crippen molar-refractivity contribution in [3.05, 3.63) is 52.3 Å². The summed E-state index contributed by atoms with van der Waals surface area (Å²) in [5, 5.41) is 2.90. The van der Waals surface area contributed by atoms with Crippen molar-refractivity contribution in [2.24, 2.45) is 7.05 Å². The third-order valence-electron chi connectivity index (χ3n) is 3.04. The number of nitrogens with zero attached hydrogens (tertiary/aromatic N) is 1. The molecule has 1 N–H and O–H groups in total. The third-order valence-corrected chi connectivity index (χ3v) is 3.47. The van der Waals surface area contributed by atoms with Crippen LogP contribution in [0.1, 0.15) is 35.8 Å². The summed E-state index contributed by atoms with van der Waals surface area (Å²) < 4.78 is 2.69. The Kier molecular flexibility index (Phi) is 4.10. The lowest BCUT2D eigenvalue weighted by molar-refractivity contribution is 0.101. The maximum Gasteiger partial charge on any atom is 0.272 e. The molecule has 100 valence electrons. The number of carbonyl (C=O) groups is 1. The molecule has 0 saturated carbocycles. The van der Waals surface area contributed by atoms with Gasteiger partial charge in [0.05, 0.1) is 0 Å². The summed E-state index contributed by atoms with van der Waals surface area (Å²) in [4.78, 5) is 12.1. The van der Waals surface area contributed by atoms with Crippen molar-refractivity contribution in [3.8, 4) is 0 Å². The third kappa shape index (κ3) is 3.26. The van der Waals surface area contributed by atoms with Gasteiger partial charge in [-0.1, -0.05) is 26.0 Å². The Bertz CT molecular complexity index is 585. The fraction of sp³-hybridized carbons (Fsp3) is 0.267. The fourth-order valence-corrected chi connectivity index (χ4v) is 2.42. The zero-order valence-corrected chi connectivity index (χ0v) is 12.9. The van der Waals surface area contributed by atoms with Gasteiger partial charge in [-0.15, -0.1) is 0 Å². The van der Waals surface area contributed by atoms with E-state index in [9.17, 15) is 4.79 Å². The van der Waals surface area contributed by atoms with Gasteiger partial charge < -0.3 is 9.88 Å². The summed E-state index contributed by atoms with van der Waals surface area (Å²) in [6, 6.07) is 9.76. The molecular formula is C15H17BrN2O. The smallest absolute Gasteiger partial charge is 0.272 e. The van der Waals surface area contributed by atoms with E-state index < -0.39 is 0 Å². The van der Waals surface area contributed by atoms with Gasteiger partial charge in [-0.3, -0.25) is 4.79 Å². The number of rotatable bonds is 3. The topological polar surface area (TPSA) is 34.0 Å². The van der Waals surface area contributed by atoms with Crippen molar-refractivity contribution < 1.29 is 4.79 Å². The highest BCUT2D eigenvalue weighted by Gasteiger charge is 2.11. The van der Waals surface area contributed by atoms with Gasteiger partial charge in [0.15, 0.2) is 0 Å². The predicted octanol–water partition coefficient (Wildman–Crippen LogP) is 4.16. The van der Waals surface area contributed by atoms with Crippen LogP contribution in [0.15, 0.2) is 41.0 Å². The van der Waals surface area contributed by atoms with Gasteiger partial charge in [-0.2, -0.15) is 0 Å². The first-order valence-corrected chi connectivity index (χ1v) is 7.00. The highest BCUT2D eigenvalue weighted by Crippen LogP contribution is 2.19. The molecule has 0 saturated heterocycles. The molecular weight excluding hydrogens is 304 g/mol. The normalized spacial score (nSPS) is 10.8. The average molecular weight is 321 g/mol. The first-order chi connectivity index (χ1) is 8.97. The van der Waals surface area contributed by atoms with Crippen LogP contribution in [0, 0.1) is 0 Å². The van der Waals surface area contributed by atoms with Crippen molar-refractivity contribution in [3.63, 3.8) is 0 Å². The van der Waals surface area contributed by atoms with Crippen molar-refractivity contribution in [1.29, 1.82) is 0 Å². The molecule has 0 fully saturated rings. The summed E-state index contributed by atoms with van der Waals surface area (Å²) in [5.74, 6) is 0.388. The van der Waals surface area contributed by atoms with Crippen LogP contribution in [0.4, 0.5) is 5.69 Å². The highest BCUT2D eigenvalue weighted by atomic mass is 79.9. The molecule has 0 aliphatic heterocycles. The van der Waals surface area contributed by atoms with Crippen LogP contribution in [0.2, 0.25) is 0 Å². The molecule has 0 radical (unpaired) electrons. The Labute approximate surface area is 121 Å². The number of anilines is 1. The Morgan fingerprint density at radius 2 is 1.89 bits per heavy atom. The van der Waals surface area contributed by atoms with E-state index in [2.05, 4.69) is 35.1 Å². The Morgan fingerprint density at radius 3 is 2.37 bits per heavy atom. The van der Waals surface area contributed by atoms with E-state index in [1.165, 1.54) is 5.56 Å². The maximum absolute atomic E-state index is 12.1. The largest absolute Gasteiger partial charge is 0.345 e. The molecule has 19 heavy (non-hydrogen) atoms. The number of halogens is 1. The number of carbonyl (C=O) groups excluding carboxylic acids is 1. The number of benzene rings is 1. The molecule has 1 aromatic heterocycles. The summed E-state index contributed by atoms with van der Waals surface area (Å²) in [6.45, 7) is 4.30. The van der Waals surface area contributed by atoms with Gasteiger partial charge in [-0.25, -0.2) is 0 Å². The minimum absolute atomic E-state index is 0.106. The van der Waals surface area contributed by atoms with E-state index in [1.807, 2.05) is 37.5 Å². The molecule has 0 atom stereocenters. The second-order valence-corrected chi connectivity index (χ2v) is 5.80. The van der Waals surface area contributed by atoms with Crippen molar-refractivity contribution in [2.75, 3.05) is 5.32 Å². The van der Waals surface area contributed by atoms with Gasteiger partial charge >= 0.3 is 0 Å². The average Bonchev–Trinajstić information content (AvgIpc) is 2.69. The summed E-state index contributed by atoms with van der Waals surface area (Å²) in [7, 11) is 1.85. The number of amides is 1. The SMILES string of the molecule is CC(C)c1ccc(NC(=O)c2cc(Br)cn2C)cc1. The van der Waals surface area contributed by atoms with Gasteiger partial charge in [0.2, 0.25) is 0 Å². The highest BCUT2D eigenvalue weighted by molar-refractivity contribution is 9.10. The predicted molar refractivity (Wildman–Crippen MR) is 81.6 cm³/mol. The first-order valence-electron chi connectivity index (χ1n) is 6.20. The van der Waals surface area contributed by atoms with E-state index in [4.69, 9.17) is 0 Å². The maximum atomic E-state index is 12.1. The van der Waals surface area contributed by atoms with Crippen LogP contribution in [0.5, 0.6) is 0 Å². The number of hydrogen-bond donors (Lipinski definition) is 1. The molecule has 2 rings (SSSR count). The minimum atomic E-state index is -0.106. The summed E-state index contributed by atoms with van der Waals surface area (Å²) in [6.07, 6.45) is 1.86. The van der Waals surface area contributed by atoms with Crippen molar-refractivity contribution in [2.45, 2.75) is 19.8 Å². The molecule has 2 aromatic rings. The molecule has 0 aliphatic rings. The van der Waals surface area contributed by atoms with E-state index in [-0.39, 0.29) is 5.91 Å². The Hall–Kier alpha value is -1.55. The first kappa shape index (κ1) is 13.9. The van der Waals surface area contributed by atoms with E-state index >= 15 is 0 Å². The number of hydrogen-bond acceptors (Lipinski definition) is 1. The second kappa shape index (κ2) is 5.61. The van der Waals surface area contributed by atoms with Crippen LogP contribution < -0.4 is 5.32 Å². The van der Waals surface area contributed by atoms with Crippen LogP contribution in [-0.4, -0.2) is 10.5 Å². The summed E-state index contributed by atoms with van der Waals surface area (Å²) in [5.41, 5.74) is 2.70. The fourth-order valence-electron chi connectivity index (χ4n) is 1.90. The van der Waals surface area contributed by atoms with Gasteiger partial charge in [0.25, 0.3) is 5.91 Å². The van der Waals surface area contributed by atoms with Crippen LogP contribution in [-0.2, 0) is 7.05 Å². The number of aryl methyl sites for hydroxylation is 1. The molecule has 0 aliphatic carbocycles. The lowest BCUT2D eigenvalue weighted by Crippen LogP contribution is -2.15. The van der Waals surface area contributed by atoms with E-state index in [0.29, 0.717) is 11.6 Å². The molecule has 1 heterocycles.